The number of hydrogen-bond acceptors (Lipinski definition) is 5. The second-order valence-electron chi connectivity index (χ2n) is 3.72. The Labute approximate surface area is 102 Å². The van der Waals surface area contributed by atoms with Crippen molar-refractivity contribution in [2.45, 2.75) is 13.0 Å². The Morgan fingerprint density at radius 2 is 2.41 bits per heavy atom. The van der Waals surface area contributed by atoms with Crippen LogP contribution in [0.4, 0.5) is 5.82 Å². The molecular weight excluding hydrogens is 234 g/mol. The lowest BCUT2D eigenvalue weighted by atomic mass is 10.3. The van der Waals surface area contributed by atoms with E-state index in [0.29, 0.717) is 0 Å². The third-order valence-corrected chi connectivity index (χ3v) is 3.59. The first-order chi connectivity index (χ1) is 8.34. The van der Waals surface area contributed by atoms with Crippen molar-refractivity contribution in [1.82, 2.24) is 19.6 Å². The highest BCUT2D eigenvalue weighted by molar-refractivity contribution is 7.10. The minimum atomic E-state index is 0.213. The largest absolute Gasteiger partial charge is 0.360 e. The lowest BCUT2D eigenvalue weighted by molar-refractivity contribution is 0.893. The van der Waals surface area contributed by atoms with E-state index in [-0.39, 0.29) is 6.04 Å². The molecular formula is C11H11N5S. The second kappa shape index (κ2) is 4.14. The molecule has 1 atom stereocenters. The highest BCUT2D eigenvalue weighted by Crippen LogP contribution is 2.23. The van der Waals surface area contributed by atoms with Crippen LogP contribution in [-0.2, 0) is 0 Å². The van der Waals surface area contributed by atoms with Gasteiger partial charge in [0, 0.05) is 17.3 Å². The van der Waals surface area contributed by atoms with E-state index in [1.807, 2.05) is 16.7 Å². The van der Waals surface area contributed by atoms with Gasteiger partial charge < -0.3 is 5.32 Å². The van der Waals surface area contributed by atoms with Gasteiger partial charge in [-0.25, -0.2) is 4.98 Å². The van der Waals surface area contributed by atoms with Crippen molar-refractivity contribution in [2.24, 2.45) is 0 Å². The second-order valence-corrected chi connectivity index (χ2v) is 4.70. The molecule has 0 spiro atoms. The van der Waals surface area contributed by atoms with Crippen LogP contribution in [0.15, 0.2) is 36.2 Å². The summed E-state index contributed by atoms with van der Waals surface area (Å²) in [6.45, 7) is 2.10. The van der Waals surface area contributed by atoms with Gasteiger partial charge >= 0.3 is 0 Å². The van der Waals surface area contributed by atoms with Crippen LogP contribution in [0, 0.1) is 0 Å². The fraction of sp³-hybridized carbons (Fsp3) is 0.182. The van der Waals surface area contributed by atoms with Crippen molar-refractivity contribution < 1.29 is 0 Å². The molecule has 0 bridgehead atoms. The van der Waals surface area contributed by atoms with E-state index in [9.17, 15) is 0 Å². The molecule has 5 nitrogen and oxygen atoms in total. The van der Waals surface area contributed by atoms with Gasteiger partial charge in [-0.1, -0.05) is 6.07 Å². The first kappa shape index (κ1) is 10.2. The molecule has 0 radical (unpaired) electrons. The van der Waals surface area contributed by atoms with Crippen LogP contribution in [0.5, 0.6) is 0 Å². The van der Waals surface area contributed by atoms with E-state index in [2.05, 4.69) is 38.9 Å². The number of anilines is 1. The Morgan fingerprint density at radius 1 is 1.47 bits per heavy atom. The number of nitrogens with zero attached hydrogens (tertiary/aromatic N) is 4. The standard InChI is InChI=1S/C11H11N5S/c1-8(9-3-2-6-17-9)14-10-11-15-13-7-16(11)5-4-12-10/h2-8H,1H3,(H,12,14). The smallest absolute Gasteiger partial charge is 0.203 e. The number of aromatic nitrogens is 4. The zero-order chi connectivity index (χ0) is 11.7. The van der Waals surface area contributed by atoms with E-state index in [1.165, 1.54) is 4.88 Å². The molecule has 3 rings (SSSR count). The summed E-state index contributed by atoms with van der Waals surface area (Å²) >= 11 is 1.72. The Balaban J connectivity index is 1.92. The summed E-state index contributed by atoms with van der Waals surface area (Å²) in [5, 5.41) is 13.3. The molecule has 1 N–H and O–H groups in total. The summed E-state index contributed by atoms with van der Waals surface area (Å²) in [6, 6.07) is 4.36. The lowest BCUT2D eigenvalue weighted by Gasteiger charge is -2.12. The molecule has 0 aliphatic rings. The van der Waals surface area contributed by atoms with Crippen LogP contribution in [0.3, 0.4) is 0 Å². The maximum absolute atomic E-state index is 4.30. The SMILES string of the molecule is CC(Nc1nccn2cnnc12)c1cccs1. The Morgan fingerprint density at radius 3 is 3.24 bits per heavy atom. The fourth-order valence-corrected chi connectivity index (χ4v) is 2.41. The van der Waals surface area contributed by atoms with Crippen LogP contribution >= 0.6 is 11.3 Å². The lowest BCUT2D eigenvalue weighted by Crippen LogP contribution is -2.07. The normalized spacial score (nSPS) is 12.8. The van der Waals surface area contributed by atoms with Crippen LogP contribution in [0.1, 0.15) is 17.8 Å². The molecule has 3 aromatic heterocycles. The predicted octanol–water partition coefficient (Wildman–Crippen LogP) is 2.36. The van der Waals surface area contributed by atoms with Gasteiger partial charge in [0.05, 0.1) is 6.04 Å². The molecule has 0 aromatic carbocycles. The van der Waals surface area contributed by atoms with Gasteiger partial charge in [0.15, 0.2) is 5.82 Å². The van der Waals surface area contributed by atoms with E-state index in [4.69, 9.17) is 0 Å². The molecule has 6 heteroatoms. The molecule has 17 heavy (non-hydrogen) atoms. The van der Waals surface area contributed by atoms with Gasteiger partial charge in [-0.05, 0) is 18.4 Å². The predicted molar refractivity (Wildman–Crippen MR) is 67.1 cm³/mol. The van der Waals surface area contributed by atoms with E-state index < -0.39 is 0 Å². The van der Waals surface area contributed by atoms with Gasteiger partial charge in [-0.2, -0.15) is 0 Å². The zero-order valence-electron chi connectivity index (χ0n) is 9.24. The Kier molecular flexibility index (Phi) is 2.49. The minimum Gasteiger partial charge on any atom is -0.360 e. The zero-order valence-corrected chi connectivity index (χ0v) is 10.1. The summed E-state index contributed by atoms with van der Waals surface area (Å²) in [5.74, 6) is 0.755. The molecule has 1 unspecified atom stereocenters. The Bertz CT molecular complexity index is 616. The highest BCUT2D eigenvalue weighted by Gasteiger charge is 2.10. The van der Waals surface area contributed by atoms with Gasteiger partial charge in [-0.15, -0.1) is 21.5 Å². The minimum absolute atomic E-state index is 0.213. The number of hydrogen-bond donors (Lipinski definition) is 1. The average molecular weight is 245 g/mol. The van der Waals surface area contributed by atoms with Gasteiger partial charge in [0.25, 0.3) is 0 Å². The van der Waals surface area contributed by atoms with Crippen LogP contribution in [0.25, 0.3) is 5.65 Å². The summed E-state index contributed by atoms with van der Waals surface area (Å²) in [6.07, 6.45) is 5.23. The number of rotatable bonds is 3. The maximum Gasteiger partial charge on any atom is 0.203 e. The topological polar surface area (TPSA) is 55.1 Å². The number of fused-ring (bicyclic) bond motifs is 1. The summed E-state index contributed by atoms with van der Waals surface area (Å²) in [5.41, 5.74) is 0.746. The number of thiophene rings is 1. The van der Waals surface area contributed by atoms with Crippen LogP contribution in [-0.4, -0.2) is 19.6 Å². The molecule has 0 fully saturated rings. The summed E-state index contributed by atoms with van der Waals surface area (Å²) in [7, 11) is 0. The third kappa shape index (κ3) is 1.87. The van der Waals surface area contributed by atoms with Crippen molar-refractivity contribution in [2.75, 3.05) is 5.32 Å². The quantitative estimate of drug-likeness (QED) is 0.769. The van der Waals surface area contributed by atoms with Crippen molar-refractivity contribution in [3.63, 3.8) is 0 Å². The van der Waals surface area contributed by atoms with Gasteiger partial charge in [0.2, 0.25) is 5.65 Å². The van der Waals surface area contributed by atoms with E-state index in [1.54, 1.807) is 23.9 Å². The molecule has 0 saturated heterocycles. The molecule has 3 aromatic rings. The maximum atomic E-state index is 4.30. The van der Waals surface area contributed by atoms with Crippen LogP contribution in [0.2, 0.25) is 0 Å². The molecule has 0 aliphatic carbocycles. The third-order valence-electron chi connectivity index (χ3n) is 2.54. The van der Waals surface area contributed by atoms with Crippen molar-refractivity contribution in [1.29, 1.82) is 0 Å². The van der Waals surface area contributed by atoms with Crippen molar-refractivity contribution in [3.05, 3.63) is 41.1 Å². The van der Waals surface area contributed by atoms with Gasteiger partial charge in [-0.3, -0.25) is 4.40 Å². The molecule has 86 valence electrons. The molecule has 0 saturated carbocycles. The first-order valence-electron chi connectivity index (χ1n) is 5.29. The first-order valence-corrected chi connectivity index (χ1v) is 6.17. The molecule has 3 heterocycles. The highest BCUT2D eigenvalue weighted by atomic mass is 32.1. The Hall–Kier alpha value is -1.95. The molecule has 0 amide bonds. The van der Waals surface area contributed by atoms with Crippen molar-refractivity contribution >= 4 is 22.8 Å². The average Bonchev–Trinajstić information content (AvgIpc) is 3.00. The van der Waals surface area contributed by atoms with Crippen LogP contribution < -0.4 is 5.32 Å². The van der Waals surface area contributed by atoms with E-state index in [0.717, 1.165) is 11.5 Å². The van der Waals surface area contributed by atoms with Gasteiger partial charge in [0.1, 0.15) is 6.33 Å². The summed E-state index contributed by atoms with van der Waals surface area (Å²) in [4.78, 5) is 5.57. The monoisotopic (exact) mass is 245 g/mol. The molecule has 0 aliphatic heterocycles. The van der Waals surface area contributed by atoms with Crippen molar-refractivity contribution in [3.8, 4) is 0 Å². The van der Waals surface area contributed by atoms with E-state index >= 15 is 0 Å². The fourth-order valence-electron chi connectivity index (χ4n) is 1.67. The summed E-state index contributed by atoms with van der Waals surface area (Å²) < 4.78 is 1.84. The number of nitrogens with one attached hydrogen (secondary N) is 1.